The van der Waals surface area contributed by atoms with E-state index in [1.54, 1.807) is 0 Å². The fraction of sp³-hybridized carbons (Fsp3) is 0.263. The summed E-state index contributed by atoms with van der Waals surface area (Å²) in [7, 11) is 0. The number of esters is 1. The van der Waals surface area contributed by atoms with Crippen LogP contribution >= 0.6 is 11.6 Å². The minimum absolute atomic E-state index is 0.0668. The summed E-state index contributed by atoms with van der Waals surface area (Å²) in [6.45, 7) is 7.14. The van der Waals surface area contributed by atoms with Crippen molar-refractivity contribution in [3.8, 4) is 0 Å². The molecule has 1 atom stereocenters. The summed E-state index contributed by atoms with van der Waals surface area (Å²) in [6, 6.07) is 7.75. The molecule has 0 heterocycles. The Hall–Kier alpha value is -2.40. The molecule has 132 valence electrons. The smallest absolute Gasteiger partial charge is 0.343 e. The molecule has 0 saturated carbocycles. The van der Waals surface area contributed by atoms with Crippen LogP contribution in [0.5, 0.6) is 0 Å². The lowest BCUT2D eigenvalue weighted by Gasteiger charge is -2.17. The third-order valence-electron chi connectivity index (χ3n) is 3.75. The van der Waals surface area contributed by atoms with Gasteiger partial charge < -0.3 is 10.1 Å². The Morgan fingerprint density at radius 3 is 2.32 bits per heavy atom. The predicted molar refractivity (Wildman–Crippen MR) is 95.6 cm³/mol. The van der Waals surface area contributed by atoms with Crippen molar-refractivity contribution in [2.24, 2.45) is 0 Å². The number of nitrogens with one attached hydrogen (secondary N) is 1. The Kier molecular flexibility index (Phi) is 5.80. The molecule has 2 aromatic rings. The van der Waals surface area contributed by atoms with E-state index in [1.807, 2.05) is 32.9 Å². The molecule has 25 heavy (non-hydrogen) atoms. The Morgan fingerprint density at radius 1 is 1.16 bits per heavy atom. The normalized spacial score (nSPS) is 11.8. The van der Waals surface area contributed by atoms with Crippen molar-refractivity contribution in [3.05, 3.63) is 63.4 Å². The predicted octanol–water partition coefficient (Wildman–Crippen LogP) is 4.59. The standard InChI is InChI=1S/C19H19ClFNO3/c1-10-8-11(2)17(12(3)9-10)22-18(23)13(4)25-19(24)16-14(20)6-5-7-15(16)21/h5-9,13H,1-4H3,(H,22,23)/t13-/m1/s1. The Balaban J connectivity index is 2.12. The van der Waals surface area contributed by atoms with Crippen molar-refractivity contribution in [2.45, 2.75) is 33.8 Å². The largest absolute Gasteiger partial charge is 0.449 e. The fourth-order valence-electron chi connectivity index (χ4n) is 2.57. The van der Waals surface area contributed by atoms with E-state index in [0.29, 0.717) is 5.69 Å². The molecule has 0 aliphatic heterocycles. The van der Waals surface area contributed by atoms with Crippen LogP contribution in [-0.2, 0) is 9.53 Å². The second-order valence-corrected chi connectivity index (χ2v) is 6.31. The highest BCUT2D eigenvalue weighted by Crippen LogP contribution is 2.23. The van der Waals surface area contributed by atoms with Gasteiger partial charge in [0.2, 0.25) is 0 Å². The molecule has 4 nitrogen and oxygen atoms in total. The van der Waals surface area contributed by atoms with Gasteiger partial charge in [-0.15, -0.1) is 0 Å². The van der Waals surface area contributed by atoms with Crippen LogP contribution in [-0.4, -0.2) is 18.0 Å². The summed E-state index contributed by atoms with van der Waals surface area (Å²) in [4.78, 5) is 24.4. The molecule has 1 amide bonds. The van der Waals surface area contributed by atoms with Crippen molar-refractivity contribution >= 4 is 29.2 Å². The molecule has 6 heteroatoms. The summed E-state index contributed by atoms with van der Waals surface area (Å²) < 4.78 is 18.8. The number of rotatable bonds is 4. The minimum atomic E-state index is -1.11. The van der Waals surface area contributed by atoms with E-state index in [1.165, 1.54) is 19.1 Å². The lowest BCUT2D eigenvalue weighted by molar-refractivity contribution is -0.123. The molecule has 0 fully saturated rings. The van der Waals surface area contributed by atoms with Gasteiger partial charge in [0.15, 0.2) is 6.10 Å². The average molecular weight is 364 g/mol. The van der Waals surface area contributed by atoms with Crippen molar-refractivity contribution in [3.63, 3.8) is 0 Å². The van der Waals surface area contributed by atoms with Gasteiger partial charge in [-0.2, -0.15) is 0 Å². The van der Waals surface area contributed by atoms with E-state index in [4.69, 9.17) is 16.3 Å². The van der Waals surface area contributed by atoms with Crippen molar-refractivity contribution in [2.75, 3.05) is 5.32 Å². The van der Waals surface area contributed by atoms with Crippen LogP contribution in [0.4, 0.5) is 10.1 Å². The van der Waals surface area contributed by atoms with Gasteiger partial charge in [0, 0.05) is 5.69 Å². The molecule has 0 radical (unpaired) electrons. The first kappa shape index (κ1) is 18.9. The number of aryl methyl sites for hydroxylation is 3. The summed E-state index contributed by atoms with van der Waals surface area (Å²) in [5, 5.41) is 2.68. The number of ether oxygens (including phenoxy) is 1. The molecular formula is C19H19ClFNO3. The van der Waals surface area contributed by atoms with Gasteiger partial charge in [-0.25, -0.2) is 9.18 Å². The zero-order chi connectivity index (χ0) is 18.7. The lowest BCUT2D eigenvalue weighted by atomic mass is 10.0. The highest BCUT2D eigenvalue weighted by atomic mass is 35.5. The van der Waals surface area contributed by atoms with Crippen LogP contribution in [0, 0.1) is 26.6 Å². The molecule has 2 rings (SSSR count). The first-order valence-corrected chi connectivity index (χ1v) is 8.12. The van der Waals surface area contributed by atoms with Gasteiger partial charge in [-0.3, -0.25) is 4.79 Å². The quantitative estimate of drug-likeness (QED) is 0.808. The van der Waals surface area contributed by atoms with E-state index in [-0.39, 0.29) is 10.6 Å². The van der Waals surface area contributed by atoms with E-state index in [2.05, 4.69) is 5.32 Å². The van der Waals surface area contributed by atoms with E-state index in [9.17, 15) is 14.0 Å². The van der Waals surface area contributed by atoms with Crippen molar-refractivity contribution < 1.29 is 18.7 Å². The molecule has 0 bridgehead atoms. The second kappa shape index (κ2) is 7.66. The van der Waals surface area contributed by atoms with Gasteiger partial charge in [0.25, 0.3) is 5.91 Å². The third-order valence-corrected chi connectivity index (χ3v) is 4.06. The molecule has 1 N–H and O–H groups in total. The van der Waals surface area contributed by atoms with Crippen LogP contribution in [0.15, 0.2) is 30.3 Å². The molecule has 2 aromatic carbocycles. The Morgan fingerprint density at radius 2 is 1.76 bits per heavy atom. The molecule has 0 aliphatic rings. The van der Waals surface area contributed by atoms with Gasteiger partial charge in [-0.05, 0) is 51.0 Å². The number of halogens is 2. The van der Waals surface area contributed by atoms with Gasteiger partial charge in [-0.1, -0.05) is 35.4 Å². The van der Waals surface area contributed by atoms with Crippen LogP contribution in [0.1, 0.15) is 34.0 Å². The molecular weight excluding hydrogens is 345 g/mol. The third kappa shape index (κ3) is 4.37. The molecule has 0 saturated heterocycles. The number of carbonyl (C=O) groups excluding carboxylic acids is 2. The topological polar surface area (TPSA) is 55.4 Å². The molecule has 0 aliphatic carbocycles. The zero-order valence-corrected chi connectivity index (χ0v) is 15.2. The van der Waals surface area contributed by atoms with E-state index in [0.717, 1.165) is 22.8 Å². The maximum Gasteiger partial charge on any atom is 0.343 e. The van der Waals surface area contributed by atoms with Crippen LogP contribution in [0.25, 0.3) is 0 Å². The number of hydrogen-bond acceptors (Lipinski definition) is 3. The molecule has 0 spiro atoms. The zero-order valence-electron chi connectivity index (χ0n) is 14.4. The average Bonchev–Trinajstić information content (AvgIpc) is 2.50. The summed E-state index contributed by atoms with van der Waals surface area (Å²) in [5.74, 6) is -2.28. The SMILES string of the molecule is Cc1cc(C)c(NC(=O)[C@@H](C)OC(=O)c2c(F)cccc2Cl)c(C)c1. The highest BCUT2D eigenvalue weighted by molar-refractivity contribution is 6.33. The lowest BCUT2D eigenvalue weighted by Crippen LogP contribution is -2.30. The maximum absolute atomic E-state index is 13.8. The molecule has 0 unspecified atom stereocenters. The van der Waals surface area contributed by atoms with Crippen molar-refractivity contribution in [1.82, 2.24) is 0 Å². The van der Waals surface area contributed by atoms with E-state index < -0.39 is 23.8 Å². The van der Waals surface area contributed by atoms with E-state index >= 15 is 0 Å². The number of carbonyl (C=O) groups is 2. The second-order valence-electron chi connectivity index (χ2n) is 5.91. The summed E-state index contributed by atoms with van der Waals surface area (Å²) >= 11 is 5.83. The summed E-state index contributed by atoms with van der Waals surface area (Å²) in [6.07, 6.45) is -1.11. The Bertz CT molecular complexity index is 792. The first-order valence-electron chi connectivity index (χ1n) is 7.74. The van der Waals surface area contributed by atoms with Crippen LogP contribution < -0.4 is 5.32 Å². The van der Waals surface area contributed by atoms with Gasteiger partial charge >= 0.3 is 5.97 Å². The maximum atomic E-state index is 13.8. The number of amides is 1. The Labute approximate surface area is 150 Å². The summed E-state index contributed by atoms with van der Waals surface area (Å²) in [5.41, 5.74) is 3.18. The van der Waals surface area contributed by atoms with Crippen molar-refractivity contribution in [1.29, 1.82) is 0 Å². The molecule has 0 aromatic heterocycles. The minimum Gasteiger partial charge on any atom is -0.449 e. The van der Waals surface area contributed by atoms with Crippen LogP contribution in [0.2, 0.25) is 5.02 Å². The van der Waals surface area contributed by atoms with Crippen LogP contribution in [0.3, 0.4) is 0 Å². The number of benzene rings is 2. The number of hydrogen-bond donors (Lipinski definition) is 1. The fourth-order valence-corrected chi connectivity index (χ4v) is 2.81. The highest BCUT2D eigenvalue weighted by Gasteiger charge is 2.24. The number of anilines is 1. The monoisotopic (exact) mass is 363 g/mol. The first-order chi connectivity index (χ1) is 11.7. The van der Waals surface area contributed by atoms with Gasteiger partial charge in [0.05, 0.1) is 5.02 Å². The van der Waals surface area contributed by atoms with Gasteiger partial charge in [0.1, 0.15) is 11.4 Å².